The Hall–Kier alpha value is -2.19. The SMILES string of the molecule is C#CCOc1ccccc1/C=C/C#N. The van der Waals surface area contributed by atoms with Crippen molar-refractivity contribution in [2.24, 2.45) is 0 Å². The fraction of sp³-hybridized carbons (Fsp3) is 0.0833. The molecule has 0 unspecified atom stereocenters. The van der Waals surface area contributed by atoms with Crippen molar-refractivity contribution >= 4 is 6.08 Å². The maximum absolute atomic E-state index is 8.38. The van der Waals surface area contributed by atoms with Gasteiger partial charge in [0.15, 0.2) is 0 Å². The van der Waals surface area contributed by atoms with E-state index in [2.05, 4.69) is 5.92 Å². The number of hydrogen-bond donors (Lipinski definition) is 0. The Labute approximate surface area is 83.4 Å². The minimum absolute atomic E-state index is 0.234. The maximum Gasteiger partial charge on any atom is 0.148 e. The van der Waals surface area contributed by atoms with E-state index in [1.165, 1.54) is 6.08 Å². The van der Waals surface area contributed by atoms with Gasteiger partial charge in [-0.1, -0.05) is 24.1 Å². The highest BCUT2D eigenvalue weighted by molar-refractivity contribution is 5.58. The normalized spacial score (nSPS) is 9.29. The predicted molar refractivity (Wildman–Crippen MR) is 55.4 cm³/mol. The highest BCUT2D eigenvalue weighted by Gasteiger charge is 1.97. The number of hydrogen-bond acceptors (Lipinski definition) is 2. The zero-order chi connectivity index (χ0) is 10.2. The van der Waals surface area contributed by atoms with Crippen LogP contribution in [0.5, 0.6) is 5.75 Å². The van der Waals surface area contributed by atoms with Gasteiger partial charge in [-0.05, 0) is 12.1 Å². The molecule has 1 rings (SSSR count). The number of para-hydroxylation sites is 1. The molecule has 0 aromatic heterocycles. The predicted octanol–water partition coefficient (Wildman–Crippen LogP) is 2.24. The first-order valence-corrected chi connectivity index (χ1v) is 4.10. The van der Waals surface area contributed by atoms with Gasteiger partial charge in [-0.15, -0.1) is 6.42 Å². The minimum atomic E-state index is 0.234. The molecular weight excluding hydrogens is 174 g/mol. The first-order valence-electron chi connectivity index (χ1n) is 4.10. The van der Waals surface area contributed by atoms with Crippen LogP contribution >= 0.6 is 0 Å². The molecule has 0 spiro atoms. The van der Waals surface area contributed by atoms with Crippen molar-refractivity contribution in [1.82, 2.24) is 0 Å². The first-order chi connectivity index (χ1) is 6.88. The molecule has 1 aromatic carbocycles. The van der Waals surface area contributed by atoms with Crippen molar-refractivity contribution in [3.05, 3.63) is 35.9 Å². The molecule has 0 aliphatic rings. The van der Waals surface area contributed by atoms with Gasteiger partial charge in [0.1, 0.15) is 12.4 Å². The summed E-state index contributed by atoms with van der Waals surface area (Å²) in [6.45, 7) is 0.234. The van der Waals surface area contributed by atoms with Crippen LogP contribution in [-0.4, -0.2) is 6.61 Å². The lowest BCUT2D eigenvalue weighted by Gasteiger charge is -2.04. The lowest BCUT2D eigenvalue weighted by molar-refractivity contribution is 0.369. The molecule has 0 fully saturated rings. The summed E-state index contributed by atoms with van der Waals surface area (Å²) in [6.07, 6.45) is 8.17. The molecule has 0 radical (unpaired) electrons. The van der Waals surface area contributed by atoms with Gasteiger partial charge >= 0.3 is 0 Å². The Morgan fingerprint density at radius 2 is 2.21 bits per heavy atom. The van der Waals surface area contributed by atoms with E-state index in [0.29, 0.717) is 5.75 Å². The summed E-state index contributed by atoms with van der Waals surface area (Å²) < 4.78 is 5.29. The Morgan fingerprint density at radius 1 is 1.43 bits per heavy atom. The summed E-state index contributed by atoms with van der Waals surface area (Å²) >= 11 is 0. The van der Waals surface area contributed by atoms with Crippen LogP contribution < -0.4 is 4.74 Å². The summed E-state index contributed by atoms with van der Waals surface area (Å²) in [5.74, 6) is 3.08. The highest BCUT2D eigenvalue weighted by atomic mass is 16.5. The van der Waals surface area contributed by atoms with Crippen LogP contribution in [0.4, 0.5) is 0 Å². The van der Waals surface area contributed by atoms with Crippen molar-refractivity contribution in [2.45, 2.75) is 0 Å². The summed E-state index contributed by atoms with van der Waals surface area (Å²) in [5.41, 5.74) is 0.851. The summed E-state index contributed by atoms with van der Waals surface area (Å²) in [6, 6.07) is 9.33. The molecule has 0 bridgehead atoms. The Kier molecular flexibility index (Phi) is 3.86. The Morgan fingerprint density at radius 3 is 2.93 bits per heavy atom. The molecule has 0 amide bonds. The van der Waals surface area contributed by atoms with Gasteiger partial charge in [0.05, 0.1) is 6.07 Å². The third kappa shape index (κ3) is 2.69. The molecule has 0 heterocycles. The first kappa shape index (κ1) is 9.89. The maximum atomic E-state index is 8.38. The van der Waals surface area contributed by atoms with Gasteiger partial charge < -0.3 is 4.74 Å². The van der Waals surface area contributed by atoms with E-state index >= 15 is 0 Å². The van der Waals surface area contributed by atoms with Crippen LogP contribution in [0, 0.1) is 23.7 Å². The quantitative estimate of drug-likeness (QED) is 0.531. The van der Waals surface area contributed by atoms with Gasteiger partial charge in [-0.3, -0.25) is 0 Å². The molecule has 0 aliphatic heterocycles. The lowest BCUT2D eigenvalue weighted by Crippen LogP contribution is -1.94. The standard InChI is InChI=1S/C12H9NO/c1-2-10-14-12-8-4-3-6-11(12)7-5-9-13/h1,3-8H,10H2/b7-5+. The number of terminal acetylenes is 1. The second-order valence-corrected chi connectivity index (χ2v) is 2.49. The van der Waals surface area contributed by atoms with Crippen LogP contribution in [0.3, 0.4) is 0 Å². The molecule has 0 aliphatic carbocycles. The minimum Gasteiger partial charge on any atom is -0.480 e. The molecule has 2 nitrogen and oxygen atoms in total. The molecule has 14 heavy (non-hydrogen) atoms. The largest absolute Gasteiger partial charge is 0.480 e. The van der Waals surface area contributed by atoms with Crippen LogP contribution in [0.15, 0.2) is 30.3 Å². The van der Waals surface area contributed by atoms with Crippen LogP contribution in [-0.2, 0) is 0 Å². The van der Waals surface area contributed by atoms with Gasteiger partial charge in [0.2, 0.25) is 0 Å². The van der Waals surface area contributed by atoms with Crippen LogP contribution in [0.2, 0.25) is 0 Å². The van der Waals surface area contributed by atoms with Gasteiger partial charge in [-0.25, -0.2) is 0 Å². The van der Waals surface area contributed by atoms with Crippen molar-refractivity contribution < 1.29 is 4.74 Å². The van der Waals surface area contributed by atoms with Gasteiger partial charge in [-0.2, -0.15) is 5.26 Å². The van der Waals surface area contributed by atoms with Crippen molar-refractivity contribution in [3.8, 4) is 24.2 Å². The molecule has 0 saturated heterocycles. The molecular formula is C12H9NO. The smallest absolute Gasteiger partial charge is 0.148 e. The molecule has 68 valence electrons. The molecule has 0 saturated carbocycles. The van der Waals surface area contributed by atoms with Crippen LogP contribution in [0.1, 0.15) is 5.56 Å². The molecule has 1 aromatic rings. The zero-order valence-corrected chi connectivity index (χ0v) is 7.60. The fourth-order valence-corrected chi connectivity index (χ4v) is 0.996. The average Bonchev–Trinajstić information content (AvgIpc) is 2.24. The Balaban J connectivity index is 2.87. The highest BCUT2D eigenvalue weighted by Crippen LogP contribution is 2.18. The number of nitrogens with zero attached hydrogens (tertiary/aromatic N) is 1. The number of ether oxygens (including phenoxy) is 1. The van der Waals surface area contributed by atoms with E-state index in [0.717, 1.165) is 5.56 Å². The Bertz CT molecular complexity index is 407. The molecule has 0 atom stereocenters. The van der Waals surface area contributed by atoms with E-state index in [9.17, 15) is 0 Å². The second kappa shape index (κ2) is 5.45. The van der Waals surface area contributed by atoms with E-state index in [4.69, 9.17) is 16.4 Å². The van der Waals surface area contributed by atoms with E-state index in [-0.39, 0.29) is 6.61 Å². The van der Waals surface area contributed by atoms with Crippen molar-refractivity contribution in [1.29, 1.82) is 5.26 Å². The number of benzene rings is 1. The summed E-state index contributed by atoms with van der Waals surface area (Å²) in [4.78, 5) is 0. The van der Waals surface area contributed by atoms with E-state index < -0.39 is 0 Å². The summed E-state index contributed by atoms with van der Waals surface area (Å²) in [5, 5.41) is 8.38. The number of allylic oxidation sites excluding steroid dienone is 1. The number of nitriles is 1. The van der Waals surface area contributed by atoms with Crippen molar-refractivity contribution in [3.63, 3.8) is 0 Å². The van der Waals surface area contributed by atoms with Crippen molar-refractivity contribution in [2.75, 3.05) is 6.61 Å². The zero-order valence-electron chi connectivity index (χ0n) is 7.60. The van der Waals surface area contributed by atoms with E-state index in [1.54, 1.807) is 6.08 Å². The fourth-order valence-electron chi connectivity index (χ4n) is 0.996. The van der Waals surface area contributed by atoms with Gasteiger partial charge in [0, 0.05) is 11.6 Å². The topological polar surface area (TPSA) is 33.0 Å². The third-order valence-corrected chi connectivity index (χ3v) is 1.57. The summed E-state index contributed by atoms with van der Waals surface area (Å²) in [7, 11) is 0. The van der Waals surface area contributed by atoms with E-state index in [1.807, 2.05) is 30.3 Å². The van der Waals surface area contributed by atoms with Crippen LogP contribution in [0.25, 0.3) is 6.08 Å². The average molecular weight is 183 g/mol. The van der Waals surface area contributed by atoms with Gasteiger partial charge in [0.25, 0.3) is 0 Å². The molecule has 0 N–H and O–H groups in total. The third-order valence-electron chi connectivity index (χ3n) is 1.57. The second-order valence-electron chi connectivity index (χ2n) is 2.49. The monoisotopic (exact) mass is 183 g/mol. The lowest BCUT2D eigenvalue weighted by atomic mass is 10.2. The molecule has 2 heteroatoms. The number of rotatable bonds is 3.